The lowest BCUT2D eigenvalue weighted by molar-refractivity contribution is -0.384. The summed E-state index contributed by atoms with van der Waals surface area (Å²) in [7, 11) is 0. The summed E-state index contributed by atoms with van der Waals surface area (Å²) < 4.78 is 10.4. The van der Waals surface area contributed by atoms with E-state index in [-0.39, 0.29) is 18.8 Å². The van der Waals surface area contributed by atoms with Crippen LogP contribution in [-0.4, -0.2) is 52.5 Å². The van der Waals surface area contributed by atoms with Crippen LogP contribution in [0.3, 0.4) is 0 Å². The SMILES string of the molecule is CC(C)(C)OC(=O)NCC(=O)N1CCC[C@H]1C(=O)OCc1ccc([N+](=O)[O-])cc1. The van der Waals surface area contributed by atoms with Crippen molar-refractivity contribution in [3.8, 4) is 0 Å². The second-order valence-electron chi connectivity index (χ2n) is 7.63. The molecule has 1 fully saturated rings. The fraction of sp³-hybridized carbons (Fsp3) is 0.526. The van der Waals surface area contributed by atoms with Crippen LogP contribution in [0.5, 0.6) is 0 Å². The molecule has 1 aliphatic rings. The van der Waals surface area contributed by atoms with Gasteiger partial charge in [-0.1, -0.05) is 0 Å². The number of non-ortho nitro benzene ring substituents is 1. The van der Waals surface area contributed by atoms with Gasteiger partial charge in [-0.05, 0) is 51.3 Å². The first kappa shape index (κ1) is 22.1. The Morgan fingerprint density at radius 1 is 1.24 bits per heavy atom. The molecule has 0 aromatic heterocycles. The summed E-state index contributed by atoms with van der Waals surface area (Å²) in [6, 6.07) is 4.95. The number of hydrogen-bond donors (Lipinski definition) is 1. The Morgan fingerprint density at radius 2 is 1.90 bits per heavy atom. The summed E-state index contributed by atoms with van der Waals surface area (Å²) >= 11 is 0. The predicted molar refractivity (Wildman–Crippen MR) is 102 cm³/mol. The first-order chi connectivity index (χ1) is 13.6. The van der Waals surface area contributed by atoms with Gasteiger partial charge in [0.2, 0.25) is 5.91 Å². The number of carbonyl (C=O) groups excluding carboxylic acids is 3. The van der Waals surface area contributed by atoms with Crippen LogP contribution in [0.1, 0.15) is 39.2 Å². The number of hydrogen-bond acceptors (Lipinski definition) is 7. The van der Waals surface area contributed by atoms with Gasteiger partial charge in [0.1, 0.15) is 24.8 Å². The topological polar surface area (TPSA) is 128 Å². The minimum atomic E-state index is -0.721. The van der Waals surface area contributed by atoms with Crippen molar-refractivity contribution in [2.24, 2.45) is 0 Å². The summed E-state index contributed by atoms with van der Waals surface area (Å²) in [6.07, 6.45) is 0.412. The van der Waals surface area contributed by atoms with Crippen molar-refractivity contribution < 1.29 is 28.8 Å². The summed E-state index contributed by atoms with van der Waals surface area (Å²) in [5.41, 5.74) is -0.123. The number of alkyl carbamates (subject to hydrolysis) is 1. The molecule has 0 saturated carbocycles. The number of nitro benzene ring substituents is 1. The number of benzene rings is 1. The molecule has 1 aliphatic heterocycles. The number of amides is 2. The Balaban J connectivity index is 1.85. The summed E-state index contributed by atoms with van der Waals surface area (Å²) in [6.45, 7) is 5.21. The standard InChI is InChI=1S/C19H25N3O7/c1-19(2,3)29-18(25)20-11-16(23)21-10-4-5-15(21)17(24)28-12-13-6-8-14(9-7-13)22(26)27/h6-9,15H,4-5,10-12H2,1-3H3,(H,20,25)/t15-/m0/s1. The third-order valence-corrected chi connectivity index (χ3v) is 4.16. The number of nitro groups is 1. The molecule has 0 aliphatic carbocycles. The molecule has 29 heavy (non-hydrogen) atoms. The lowest BCUT2D eigenvalue weighted by atomic mass is 10.2. The van der Waals surface area contributed by atoms with Crippen molar-refractivity contribution in [2.75, 3.05) is 13.1 Å². The second-order valence-corrected chi connectivity index (χ2v) is 7.63. The number of nitrogens with one attached hydrogen (secondary N) is 1. The molecule has 158 valence electrons. The molecular formula is C19H25N3O7. The third kappa shape index (κ3) is 6.74. The Hall–Kier alpha value is -3.17. The van der Waals surface area contributed by atoms with Crippen molar-refractivity contribution in [2.45, 2.75) is 51.9 Å². The van der Waals surface area contributed by atoms with E-state index in [0.29, 0.717) is 24.9 Å². The van der Waals surface area contributed by atoms with Crippen LogP contribution in [0.4, 0.5) is 10.5 Å². The van der Waals surface area contributed by atoms with E-state index in [2.05, 4.69) is 5.32 Å². The van der Waals surface area contributed by atoms with Crippen LogP contribution in [0.25, 0.3) is 0 Å². The smallest absolute Gasteiger partial charge is 0.408 e. The first-order valence-corrected chi connectivity index (χ1v) is 9.23. The van der Waals surface area contributed by atoms with Gasteiger partial charge in [0.25, 0.3) is 5.69 Å². The number of carbonyl (C=O) groups is 3. The number of ether oxygens (including phenoxy) is 2. The van der Waals surface area contributed by atoms with Gasteiger partial charge in [-0.25, -0.2) is 9.59 Å². The third-order valence-electron chi connectivity index (χ3n) is 4.16. The number of nitrogens with zero attached hydrogens (tertiary/aromatic N) is 2. The highest BCUT2D eigenvalue weighted by atomic mass is 16.6. The number of esters is 1. The maximum absolute atomic E-state index is 12.4. The Labute approximate surface area is 168 Å². The maximum Gasteiger partial charge on any atom is 0.408 e. The second kappa shape index (κ2) is 9.35. The zero-order valence-electron chi connectivity index (χ0n) is 16.7. The predicted octanol–water partition coefficient (Wildman–Crippen LogP) is 2.15. The summed E-state index contributed by atoms with van der Waals surface area (Å²) in [5, 5.41) is 13.1. The highest BCUT2D eigenvalue weighted by Gasteiger charge is 2.35. The Kier molecular flexibility index (Phi) is 7.13. The van der Waals surface area contributed by atoms with Crippen LogP contribution in [0.15, 0.2) is 24.3 Å². The van der Waals surface area contributed by atoms with Gasteiger partial charge in [0, 0.05) is 18.7 Å². The van der Waals surface area contributed by atoms with E-state index in [1.54, 1.807) is 20.8 Å². The fourth-order valence-corrected chi connectivity index (χ4v) is 2.84. The molecule has 0 spiro atoms. The zero-order valence-corrected chi connectivity index (χ0v) is 16.7. The molecule has 2 amide bonds. The molecule has 10 heteroatoms. The van der Waals surface area contributed by atoms with Gasteiger partial charge in [-0.3, -0.25) is 14.9 Å². The number of likely N-dealkylation sites (tertiary alicyclic amines) is 1. The van der Waals surface area contributed by atoms with Crippen molar-refractivity contribution in [1.82, 2.24) is 10.2 Å². The lowest BCUT2D eigenvalue weighted by Crippen LogP contribution is -2.46. The van der Waals surface area contributed by atoms with Crippen molar-refractivity contribution in [3.63, 3.8) is 0 Å². The number of rotatable bonds is 6. The van der Waals surface area contributed by atoms with Crippen molar-refractivity contribution in [3.05, 3.63) is 39.9 Å². The van der Waals surface area contributed by atoms with Gasteiger partial charge in [0.15, 0.2) is 0 Å². The largest absolute Gasteiger partial charge is 0.459 e. The molecule has 1 aromatic rings. The van der Waals surface area contributed by atoms with Gasteiger partial charge >= 0.3 is 12.1 Å². The molecule has 1 heterocycles. The first-order valence-electron chi connectivity index (χ1n) is 9.23. The molecule has 0 unspecified atom stereocenters. The van der Waals surface area contributed by atoms with Crippen LogP contribution in [0.2, 0.25) is 0 Å². The Morgan fingerprint density at radius 3 is 2.48 bits per heavy atom. The molecule has 2 rings (SSSR count). The lowest BCUT2D eigenvalue weighted by Gasteiger charge is -2.24. The average molecular weight is 407 g/mol. The molecule has 1 saturated heterocycles. The van der Waals surface area contributed by atoms with E-state index in [0.717, 1.165) is 0 Å². The van der Waals surface area contributed by atoms with E-state index in [4.69, 9.17) is 9.47 Å². The van der Waals surface area contributed by atoms with Crippen LogP contribution >= 0.6 is 0 Å². The fourth-order valence-electron chi connectivity index (χ4n) is 2.84. The minimum absolute atomic E-state index is 0.0501. The Bertz CT molecular complexity index is 771. The van der Waals surface area contributed by atoms with E-state index in [1.165, 1.54) is 29.2 Å². The van der Waals surface area contributed by atoms with Crippen LogP contribution in [-0.2, 0) is 25.7 Å². The average Bonchev–Trinajstić information content (AvgIpc) is 3.13. The quantitative estimate of drug-likeness (QED) is 0.435. The molecule has 0 radical (unpaired) electrons. The van der Waals surface area contributed by atoms with Gasteiger partial charge < -0.3 is 19.7 Å². The van der Waals surface area contributed by atoms with E-state index >= 15 is 0 Å². The van der Waals surface area contributed by atoms with Gasteiger partial charge in [0.05, 0.1) is 4.92 Å². The molecular weight excluding hydrogens is 382 g/mol. The van der Waals surface area contributed by atoms with Crippen LogP contribution in [0, 0.1) is 10.1 Å². The highest BCUT2D eigenvalue weighted by molar-refractivity contribution is 5.87. The van der Waals surface area contributed by atoms with E-state index in [1.807, 2.05) is 0 Å². The summed E-state index contributed by atoms with van der Waals surface area (Å²) in [4.78, 5) is 48.0. The molecule has 1 atom stereocenters. The van der Waals surface area contributed by atoms with Gasteiger partial charge in [-0.2, -0.15) is 0 Å². The molecule has 0 bridgehead atoms. The van der Waals surface area contributed by atoms with E-state index < -0.39 is 34.5 Å². The summed E-state index contributed by atoms with van der Waals surface area (Å²) in [5.74, 6) is -0.947. The van der Waals surface area contributed by atoms with E-state index in [9.17, 15) is 24.5 Å². The maximum atomic E-state index is 12.4. The highest BCUT2D eigenvalue weighted by Crippen LogP contribution is 2.20. The monoisotopic (exact) mass is 407 g/mol. The molecule has 1 N–H and O–H groups in total. The normalized spacial score (nSPS) is 16.2. The minimum Gasteiger partial charge on any atom is -0.459 e. The van der Waals surface area contributed by atoms with Gasteiger partial charge in [-0.15, -0.1) is 0 Å². The van der Waals surface area contributed by atoms with Crippen LogP contribution < -0.4 is 5.32 Å². The molecule has 1 aromatic carbocycles. The zero-order chi connectivity index (χ0) is 21.6. The van der Waals surface area contributed by atoms with Crippen molar-refractivity contribution in [1.29, 1.82) is 0 Å². The molecule has 10 nitrogen and oxygen atoms in total. The van der Waals surface area contributed by atoms with Crippen molar-refractivity contribution >= 4 is 23.7 Å².